The second-order valence-electron chi connectivity index (χ2n) is 5.59. The van der Waals surface area contributed by atoms with E-state index in [4.69, 9.17) is 9.84 Å². The van der Waals surface area contributed by atoms with Crippen molar-refractivity contribution in [3.63, 3.8) is 0 Å². The minimum atomic E-state index is -0.442. The molecule has 1 saturated carbocycles. The largest absolute Gasteiger partial charge is 0.444 e. The Morgan fingerprint density at radius 2 is 2.27 bits per heavy atom. The van der Waals surface area contributed by atoms with Crippen molar-refractivity contribution in [1.29, 1.82) is 0 Å². The normalized spacial score (nSPS) is 29.7. The Morgan fingerprint density at radius 1 is 1.67 bits per heavy atom. The van der Waals surface area contributed by atoms with Crippen molar-refractivity contribution in [2.75, 3.05) is 13.2 Å². The summed E-state index contributed by atoms with van der Waals surface area (Å²) in [5.74, 6) is 0.388. The summed E-state index contributed by atoms with van der Waals surface area (Å²) in [6.45, 7) is 6.41. The van der Waals surface area contributed by atoms with E-state index in [-0.39, 0.29) is 17.0 Å². The van der Waals surface area contributed by atoms with Crippen molar-refractivity contribution in [3.05, 3.63) is 0 Å². The van der Waals surface area contributed by atoms with Crippen molar-refractivity contribution in [3.8, 4) is 0 Å². The van der Waals surface area contributed by atoms with E-state index in [9.17, 15) is 4.79 Å². The number of rotatable bonds is 3. The van der Waals surface area contributed by atoms with Crippen molar-refractivity contribution in [2.24, 2.45) is 5.92 Å². The van der Waals surface area contributed by atoms with Crippen LogP contribution < -0.4 is 5.32 Å². The highest BCUT2D eigenvalue weighted by molar-refractivity contribution is 6.18. The molecule has 2 unspecified atom stereocenters. The van der Waals surface area contributed by atoms with Crippen LogP contribution in [0.5, 0.6) is 0 Å². The van der Waals surface area contributed by atoms with E-state index in [1.54, 1.807) is 0 Å². The van der Waals surface area contributed by atoms with Gasteiger partial charge in [0.1, 0.15) is 5.60 Å². The molecule has 1 amide bonds. The molecule has 0 radical (unpaired) electrons. The van der Waals surface area contributed by atoms with Gasteiger partial charge in [-0.2, -0.15) is 0 Å². The Kier molecular flexibility index (Phi) is 3.70. The summed E-state index contributed by atoms with van der Waals surface area (Å²) in [7, 11) is 0. The van der Waals surface area contributed by atoms with Crippen molar-refractivity contribution in [1.82, 2.24) is 5.32 Å². The summed E-state index contributed by atoms with van der Waals surface area (Å²) < 4.78 is 5.33. The van der Waals surface area contributed by atoms with Crippen LogP contribution in [0.4, 0.5) is 4.79 Å². The lowest BCUT2D eigenvalue weighted by Gasteiger charge is -2.21. The first-order valence-electron chi connectivity index (χ1n) is 5.34. The van der Waals surface area contributed by atoms with E-state index in [0.717, 1.165) is 22.7 Å². The summed E-state index contributed by atoms with van der Waals surface area (Å²) >= 11 is 0.999. The summed E-state index contributed by atoms with van der Waals surface area (Å²) in [5.41, 5.74) is -0.442. The van der Waals surface area contributed by atoms with Crippen LogP contribution in [0.15, 0.2) is 0 Å². The lowest BCUT2D eigenvalue weighted by molar-refractivity contribution is 0.0525. The number of hydrogen-bond acceptors (Lipinski definition) is 3. The predicted octanol–water partition coefficient (Wildman–Crippen LogP) is 0.315. The maximum absolute atomic E-state index is 11.3. The predicted molar refractivity (Wildman–Crippen MR) is 60.7 cm³/mol. The van der Waals surface area contributed by atoms with Gasteiger partial charge in [-0.25, -0.2) is 4.79 Å². The molecule has 15 heavy (non-hydrogen) atoms. The zero-order chi connectivity index (χ0) is 11.7. The third kappa shape index (κ3) is 4.02. The number of aliphatic hydroxyl groups is 1. The molecule has 0 aliphatic heterocycles. The smallest absolute Gasteiger partial charge is 0.407 e. The van der Waals surface area contributed by atoms with E-state index >= 15 is 0 Å². The van der Waals surface area contributed by atoms with E-state index in [1.807, 2.05) is 20.8 Å². The van der Waals surface area contributed by atoms with Gasteiger partial charge in [-0.1, -0.05) is 10.7 Å². The lowest BCUT2D eigenvalue weighted by Crippen LogP contribution is -2.35. The van der Waals surface area contributed by atoms with Crippen LogP contribution >= 0.6 is 0 Å². The summed E-state index contributed by atoms with van der Waals surface area (Å²) in [6, 6.07) is 0. The summed E-state index contributed by atoms with van der Waals surface area (Å²) in [6.07, 6.45) is 0.673. The molecule has 4 nitrogen and oxygen atoms in total. The van der Waals surface area contributed by atoms with Crippen LogP contribution in [0.25, 0.3) is 0 Å². The highest BCUT2D eigenvalue weighted by Crippen LogP contribution is 2.56. The quantitative estimate of drug-likeness (QED) is 0.685. The maximum atomic E-state index is 11.3. The fourth-order valence-corrected chi connectivity index (χ4v) is 2.45. The minimum Gasteiger partial charge on any atom is -0.444 e. The highest BCUT2D eigenvalue weighted by atomic mass is 27.0. The van der Waals surface area contributed by atoms with Gasteiger partial charge in [0.05, 0.1) is 0 Å². The molecule has 2 N–H and O–H groups in total. The van der Waals surface area contributed by atoms with E-state index in [0.29, 0.717) is 12.5 Å². The molecule has 1 fully saturated rings. The standard InChI is InChI=1S/C10H18NO3.Al.2H/c1-10(2,3)14-9(13)11-5-7-4-8(7)6-12;;;/h8,12H,4-6H2,1-3H3,(H,11,13);;;. The van der Waals surface area contributed by atoms with Crippen LogP contribution in [0.1, 0.15) is 27.2 Å². The highest BCUT2D eigenvalue weighted by Gasteiger charge is 2.48. The average Bonchev–Trinajstić information content (AvgIpc) is 2.72. The zero-order valence-electron chi connectivity index (χ0n) is 9.96. The molecule has 5 heteroatoms. The number of hydrogen-bond donors (Lipinski definition) is 2. The number of carbonyl (C=O) groups is 1. The number of amides is 1. The number of carbonyl (C=O) groups excluding carboxylic acids is 1. The minimum absolute atomic E-state index is 0.200. The lowest BCUT2D eigenvalue weighted by atomic mass is 10.2. The SMILES string of the molecule is CC(C)(C)OC(=O)NC[C]1([AlH2])CC1CO. The van der Waals surface area contributed by atoms with Crippen LogP contribution in [-0.4, -0.2) is 46.2 Å². The molecule has 1 aliphatic rings. The van der Waals surface area contributed by atoms with Gasteiger partial charge in [-0.05, 0) is 26.7 Å². The first-order chi connectivity index (χ1) is 6.77. The third-order valence-corrected chi connectivity index (χ3v) is 4.37. The summed E-state index contributed by atoms with van der Waals surface area (Å²) in [4.78, 5) is 11.3. The second-order valence-corrected chi connectivity index (χ2v) is 7.58. The van der Waals surface area contributed by atoms with Gasteiger partial charge < -0.3 is 15.2 Å². The number of alkyl carbamates (subject to hydrolysis) is 1. The molecule has 0 aromatic heterocycles. The number of ether oxygens (including phenoxy) is 1. The molecular weight excluding hydrogens is 209 g/mol. The van der Waals surface area contributed by atoms with Crippen LogP contribution in [0, 0.1) is 5.92 Å². The van der Waals surface area contributed by atoms with Crippen LogP contribution in [-0.2, 0) is 4.74 Å². The number of aliphatic hydroxyl groups excluding tert-OH is 1. The molecule has 0 saturated heterocycles. The Labute approximate surface area is 98.8 Å². The monoisotopic (exact) mass is 229 g/mol. The molecule has 0 aromatic carbocycles. The second kappa shape index (κ2) is 4.33. The molecule has 86 valence electrons. The van der Waals surface area contributed by atoms with Crippen molar-refractivity contribution in [2.45, 2.75) is 37.1 Å². The Hall–Kier alpha value is -0.238. The fraction of sp³-hybridized carbons (Fsp3) is 0.900. The number of nitrogens with one attached hydrogen (secondary N) is 1. The Morgan fingerprint density at radius 3 is 2.67 bits per heavy atom. The average molecular weight is 229 g/mol. The molecule has 1 rings (SSSR count). The molecule has 0 bridgehead atoms. The van der Waals surface area contributed by atoms with Gasteiger partial charge >= 0.3 is 6.09 Å². The Bertz CT molecular complexity index is 252. The van der Waals surface area contributed by atoms with Crippen molar-refractivity contribution >= 4 is 22.4 Å². The molecule has 0 aromatic rings. The topological polar surface area (TPSA) is 58.6 Å². The first-order valence-corrected chi connectivity index (χ1v) is 6.34. The zero-order valence-corrected chi connectivity index (χ0v) is 12.0. The van der Waals surface area contributed by atoms with Crippen LogP contribution in [0.3, 0.4) is 0 Å². The first kappa shape index (κ1) is 12.8. The van der Waals surface area contributed by atoms with Gasteiger partial charge in [0.15, 0.2) is 0 Å². The fourth-order valence-electron chi connectivity index (χ4n) is 1.59. The van der Waals surface area contributed by atoms with E-state index in [1.165, 1.54) is 0 Å². The van der Waals surface area contributed by atoms with Crippen LogP contribution in [0.2, 0.25) is 4.28 Å². The molecular formula is C10H20AlNO3. The Balaban J connectivity index is 2.24. The van der Waals surface area contributed by atoms with Gasteiger partial charge in [0, 0.05) is 13.2 Å². The van der Waals surface area contributed by atoms with Gasteiger partial charge in [0.25, 0.3) is 0 Å². The van der Waals surface area contributed by atoms with E-state index < -0.39 is 5.60 Å². The molecule has 0 heterocycles. The van der Waals surface area contributed by atoms with Crippen molar-refractivity contribution < 1.29 is 14.6 Å². The molecule has 2 atom stereocenters. The molecule has 1 aliphatic carbocycles. The van der Waals surface area contributed by atoms with Gasteiger partial charge in [0.2, 0.25) is 16.3 Å². The van der Waals surface area contributed by atoms with E-state index in [2.05, 4.69) is 5.32 Å². The maximum Gasteiger partial charge on any atom is 0.407 e. The van der Waals surface area contributed by atoms with Gasteiger partial charge in [-0.15, -0.1) is 0 Å². The third-order valence-electron chi connectivity index (χ3n) is 2.79. The summed E-state index contributed by atoms with van der Waals surface area (Å²) in [5, 5.41) is 11.7. The molecule has 0 spiro atoms. The van der Waals surface area contributed by atoms with Gasteiger partial charge in [-0.3, -0.25) is 0 Å².